The van der Waals surface area contributed by atoms with Crippen molar-refractivity contribution in [2.45, 2.75) is 24.7 Å². The quantitative estimate of drug-likeness (QED) is 0.872. The topological polar surface area (TPSA) is 51.5 Å². The lowest BCUT2D eigenvalue weighted by molar-refractivity contribution is 0.114. The first kappa shape index (κ1) is 13.8. The third-order valence-corrected chi connectivity index (χ3v) is 4.48. The lowest BCUT2D eigenvalue weighted by atomic mass is 10.2. The van der Waals surface area contributed by atoms with E-state index in [0.717, 1.165) is 47.5 Å². The van der Waals surface area contributed by atoms with Crippen molar-refractivity contribution in [2.75, 3.05) is 13.2 Å². The van der Waals surface area contributed by atoms with Crippen molar-refractivity contribution < 1.29 is 4.74 Å². The van der Waals surface area contributed by atoms with Gasteiger partial charge >= 0.3 is 0 Å². The molecule has 0 aliphatic carbocycles. The number of hydrogen-bond acceptors (Lipinski definition) is 5. The largest absolute Gasteiger partial charge is 0.376 e. The number of imidazole rings is 1. The van der Waals surface area contributed by atoms with Crippen LogP contribution in [0.2, 0.25) is 0 Å². The van der Waals surface area contributed by atoms with Gasteiger partial charge in [0.05, 0.1) is 11.8 Å². The highest BCUT2D eigenvalue weighted by Gasteiger charge is 2.15. The van der Waals surface area contributed by atoms with Crippen molar-refractivity contribution in [3.8, 4) is 0 Å². The van der Waals surface area contributed by atoms with Crippen LogP contribution in [0.1, 0.15) is 18.5 Å². The molecule has 0 aromatic carbocycles. The van der Waals surface area contributed by atoms with Crippen molar-refractivity contribution in [1.82, 2.24) is 19.7 Å². The van der Waals surface area contributed by atoms with E-state index in [2.05, 4.69) is 15.3 Å². The number of hydrogen-bond donors (Lipinski definition) is 1. The molecule has 106 valence electrons. The molecule has 0 bridgehead atoms. The Hall–Kier alpha value is -1.18. The molecular formula is C13H16N4OS2. The molecule has 0 saturated carbocycles. The molecule has 2 aromatic heterocycles. The molecule has 1 unspecified atom stereocenters. The standard InChI is InChI=1S/C13H16N4OS2/c19-13(15-7-11-3-1-6-18-11)20-9-10-8-17-5-2-4-14-12(17)16-10/h2,4-5,8,11H,1,3,6-7,9H2,(H,15,19). The van der Waals surface area contributed by atoms with Gasteiger partial charge in [-0.25, -0.2) is 9.97 Å². The number of thiocarbonyl (C=S) groups is 1. The van der Waals surface area contributed by atoms with Crippen LogP contribution in [0.5, 0.6) is 0 Å². The Morgan fingerprint density at radius 2 is 2.55 bits per heavy atom. The summed E-state index contributed by atoms with van der Waals surface area (Å²) in [5, 5.41) is 3.25. The van der Waals surface area contributed by atoms with Gasteiger partial charge in [-0.3, -0.25) is 4.40 Å². The summed E-state index contributed by atoms with van der Waals surface area (Å²) < 4.78 is 8.26. The number of aromatic nitrogens is 3. The summed E-state index contributed by atoms with van der Waals surface area (Å²) in [5.41, 5.74) is 0.981. The first-order chi connectivity index (χ1) is 9.81. The molecule has 1 N–H and O–H groups in total. The molecule has 5 nitrogen and oxygen atoms in total. The zero-order valence-electron chi connectivity index (χ0n) is 11.0. The maximum absolute atomic E-state index is 5.55. The fraction of sp³-hybridized carbons (Fsp3) is 0.462. The minimum absolute atomic E-state index is 0.313. The molecule has 1 saturated heterocycles. The van der Waals surface area contributed by atoms with Crippen molar-refractivity contribution in [3.05, 3.63) is 30.4 Å². The van der Waals surface area contributed by atoms with E-state index in [4.69, 9.17) is 17.0 Å². The van der Waals surface area contributed by atoms with Crippen molar-refractivity contribution in [2.24, 2.45) is 0 Å². The summed E-state index contributed by atoms with van der Waals surface area (Å²) in [6, 6.07) is 1.89. The molecule has 7 heteroatoms. The van der Waals surface area contributed by atoms with Crippen LogP contribution in [0.15, 0.2) is 24.7 Å². The fourth-order valence-electron chi connectivity index (χ4n) is 2.14. The summed E-state index contributed by atoms with van der Waals surface area (Å²) in [6.07, 6.45) is 8.26. The van der Waals surface area contributed by atoms with Crippen LogP contribution in [-0.4, -0.2) is 37.9 Å². The number of nitrogens with zero attached hydrogens (tertiary/aromatic N) is 3. The monoisotopic (exact) mass is 308 g/mol. The minimum atomic E-state index is 0.313. The number of ether oxygens (including phenoxy) is 1. The fourth-order valence-corrected chi connectivity index (χ4v) is 3.01. The minimum Gasteiger partial charge on any atom is -0.376 e. The van der Waals surface area contributed by atoms with E-state index in [0.29, 0.717) is 6.10 Å². The van der Waals surface area contributed by atoms with Gasteiger partial charge in [0.1, 0.15) is 4.32 Å². The van der Waals surface area contributed by atoms with Crippen LogP contribution in [0.3, 0.4) is 0 Å². The summed E-state index contributed by atoms with van der Waals surface area (Å²) >= 11 is 6.90. The van der Waals surface area contributed by atoms with Crippen LogP contribution < -0.4 is 5.32 Å². The Morgan fingerprint density at radius 1 is 1.60 bits per heavy atom. The second-order valence-corrected chi connectivity index (χ2v) is 6.30. The van der Waals surface area contributed by atoms with Gasteiger partial charge in [0.25, 0.3) is 0 Å². The lowest BCUT2D eigenvalue weighted by Gasteiger charge is -2.11. The number of fused-ring (bicyclic) bond motifs is 1. The first-order valence-corrected chi connectivity index (χ1v) is 8.01. The van der Waals surface area contributed by atoms with E-state index in [1.54, 1.807) is 18.0 Å². The van der Waals surface area contributed by atoms with Crippen molar-refractivity contribution >= 4 is 34.1 Å². The van der Waals surface area contributed by atoms with Crippen molar-refractivity contribution in [3.63, 3.8) is 0 Å². The Labute approximate surface area is 127 Å². The first-order valence-electron chi connectivity index (χ1n) is 6.62. The van der Waals surface area contributed by atoms with Gasteiger partial charge < -0.3 is 10.1 Å². The highest BCUT2D eigenvalue weighted by Crippen LogP contribution is 2.14. The second-order valence-electron chi connectivity index (χ2n) is 4.65. The van der Waals surface area contributed by atoms with Gasteiger partial charge in [0, 0.05) is 37.5 Å². The maximum Gasteiger partial charge on any atom is 0.233 e. The predicted molar refractivity (Wildman–Crippen MR) is 83.9 cm³/mol. The average molecular weight is 308 g/mol. The van der Waals surface area contributed by atoms with Gasteiger partial charge in [-0.05, 0) is 18.9 Å². The zero-order valence-corrected chi connectivity index (χ0v) is 12.6. The summed E-state index contributed by atoms with van der Waals surface area (Å²) in [5.74, 6) is 1.47. The number of nitrogens with one attached hydrogen (secondary N) is 1. The Morgan fingerprint density at radius 3 is 3.35 bits per heavy atom. The van der Waals surface area contributed by atoms with Crippen LogP contribution >= 0.6 is 24.0 Å². The molecule has 3 rings (SSSR count). The summed E-state index contributed by atoms with van der Waals surface area (Å²) in [4.78, 5) is 8.64. The van der Waals surface area contributed by atoms with Gasteiger partial charge in [-0.2, -0.15) is 0 Å². The maximum atomic E-state index is 5.55. The van der Waals surface area contributed by atoms with E-state index < -0.39 is 0 Å². The molecule has 3 heterocycles. The normalized spacial score (nSPS) is 18.5. The molecule has 20 heavy (non-hydrogen) atoms. The number of rotatable bonds is 4. The predicted octanol–water partition coefficient (Wildman–Crippen LogP) is 2.02. The Kier molecular flexibility index (Phi) is 4.49. The zero-order chi connectivity index (χ0) is 13.8. The Bertz CT molecular complexity index is 562. The van der Waals surface area contributed by atoms with Crippen LogP contribution in [0.25, 0.3) is 5.78 Å². The van der Waals surface area contributed by atoms with Crippen LogP contribution in [-0.2, 0) is 10.5 Å². The summed E-state index contributed by atoms with van der Waals surface area (Å²) in [7, 11) is 0. The molecule has 1 aliphatic heterocycles. The van der Waals surface area contributed by atoms with Gasteiger partial charge in [-0.1, -0.05) is 24.0 Å². The molecule has 0 radical (unpaired) electrons. The van der Waals surface area contributed by atoms with E-state index in [1.165, 1.54) is 0 Å². The van der Waals surface area contributed by atoms with E-state index in [1.807, 2.05) is 22.9 Å². The SMILES string of the molecule is S=C(NCC1CCCO1)SCc1cn2cccnc2n1. The van der Waals surface area contributed by atoms with E-state index >= 15 is 0 Å². The second kappa shape index (κ2) is 6.51. The molecule has 1 aliphatic rings. The van der Waals surface area contributed by atoms with Gasteiger partial charge in [-0.15, -0.1) is 0 Å². The van der Waals surface area contributed by atoms with Gasteiger partial charge in [0.2, 0.25) is 5.78 Å². The molecule has 0 spiro atoms. The third-order valence-electron chi connectivity index (χ3n) is 3.13. The molecule has 0 amide bonds. The highest BCUT2D eigenvalue weighted by molar-refractivity contribution is 8.22. The average Bonchev–Trinajstić information content (AvgIpc) is 3.11. The van der Waals surface area contributed by atoms with Gasteiger partial charge in [0.15, 0.2) is 0 Å². The molecule has 1 fully saturated rings. The summed E-state index contributed by atoms with van der Waals surface area (Å²) in [6.45, 7) is 1.68. The highest BCUT2D eigenvalue weighted by atomic mass is 32.2. The smallest absolute Gasteiger partial charge is 0.233 e. The lowest BCUT2D eigenvalue weighted by Crippen LogP contribution is -2.28. The molecule has 2 aromatic rings. The van der Waals surface area contributed by atoms with Crippen LogP contribution in [0, 0.1) is 0 Å². The Balaban J connectivity index is 1.47. The third kappa shape index (κ3) is 3.47. The number of thioether (sulfide) groups is 1. The van der Waals surface area contributed by atoms with E-state index in [-0.39, 0.29) is 0 Å². The van der Waals surface area contributed by atoms with E-state index in [9.17, 15) is 0 Å². The van der Waals surface area contributed by atoms with Crippen LogP contribution in [0.4, 0.5) is 0 Å². The van der Waals surface area contributed by atoms with Crippen molar-refractivity contribution in [1.29, 1.82) is 0 Å². The molecular weight excluding hydrogens is 292 g/mol. The molecule has 1 atom stereocenters.